The molecular formula is C40H31N. The van der Waals surface area contributed by atoms with E-state index >= 15 is 0 Å². The third kappa shape index (κ3) is 3.24. The molecule has 1 aromatic heterocycles. The van der Waals surface area contributed by atoms with Crippen molar-refractivity contribution >= 4 is 21.8 Å². The van der Waals surface area contributed by atoms with Gasteiger partial charge in [0, 0.05) is 16.5 Å². The topological polar surface area (TPSA) is 4.93 Å². The Morgan fingerprint density at radius 1 is 0.439 bits per heavy atom. The normalized spacial score (nSPS) is 13.4. The smallest absolute Gasteiger partial charge is 0.0719 e. The highest BCUT2D eigenvalue weighted by Gasteiger charge is 2.47. The van der Waals surface area contributed by atoms with E-state index in [1.807, 2.05) is 0 Å². The minimum absolute atomic E-state index is 0.426. The van der Waals surface area contributed by atoms with Gasteiger partial charge in [-0.2, -0.15) is 0 Å². The molecule has 0 saturated heterocycles. The molecule has 0 N–H and O–H groups in total. The summed E-state index contributed by atoms with van der Waals surface area (Å²) in [5.41, 5.74) is 15.2. The van der Waals surface area contributed by atoms with Crippen LogP contribution in [0.1, 0.15) is 38.9 Å². The molecule has 1 aliphatic carbocycles. The monoisotopic (exact) mass is 525 g/mol. The first-order valence-corrected chi connectivity index (χ1v) is 14.5. The van der Waals surface area contributed by atoms with Crippen LogP contribution in [0.5, 0.6) is 0 Å². The third-order valence-electron chi connectivity index (χ3n) is 9.20. The lowest BCUT2D eigenvalue weighted by Gasteiger charge is -2.36. The Kier molecular flexibility index (Phi) is 5.15. The Morgan fingerprint density at radius 3 is 1.71 bits per heavy atom. The van der Waals surface area contributed by atoms with Crippen LogP contribution in [0.2, 0.25) is 0 Å². The molecule has 0 bridgehead atoms. The van der Waals surface area contributed by atoms with Crippen molar-refractivity contribution in [2.75, 3.05) is 0 Å². The van der Waals surface area contributed by atoms with Gasteiger partial charge in [-0.15, -0.1) is 0 Å². The minimum Gasteiger partial charge on any atom is -0.309 e. The van der Waals surface area contributed by atoms with Crippen molar-refractivity contribution in [1.82, 2.24) is 4.57 Å². The van der Waals surface area contributed by atoms with Crippen molar-refractivity contribution in [1.29, 1.82) is 0 Å². The Labute approximate surface area is 241 Å². The van der Waals surface area contributed by atoms with Crippen LogP contribution < -0.4 is 0 Å². The van der Waals surface area contributed by atoms with Crippen LogP contribution in [0.25, 0.3) is 38.6 Å². The number of hydrogen-bond acceptors (Lipinski definition) is 0. The van der Waals surface area contributed by atoms with Gasteiger partial charge in [0.05, 0.1) is 16.4 Å². The van der Waals surface area contributed by atoms with Gasteiger partial charge in [-0.25, -0.2) is 0 Å². The van der Waals surface area contributed by atoms with E-state index in [1.54, 1.807) is 0 Å². The summed E-state index contributed by atoms with van der Waals surface area (Å²) in [7, 11) is 0. The Hall–Kier alpha value is -4.88. The van der Waals surface area contributed by atoms with Gasteiger partial charge in [0.1, 0.15) is 0 Å². The molecule has 7 aromatic rings. The summed E-state index contributed by atoms with van der Waals surface area (Å²) < 4.78 is 2.46. The van der Waals surface area contributed by atoms with Gasteiger partial charge in [-0.05, 0) is 101 Å². The number of aryl methyl sites for hydroxylation is 3. The first kappa shape index (κ1) is 24.0. The molecular weight excluding hydrogens is 494 g/mol. The largest absolute Gasteiger partial charge is 0.309 e. The zero-order chi connectivity index (χ0) is 27.7. The molecule has 0 unspecified atom stereocenters. The van der Waals surface area contributed by atoms with Crippen LogP contribution in [-0.2, 0) is 5.41 Å². The molecule has 41 heavy (non-hydrogen) atoms. The summed E-state index contributed by atoms with van der Waals surface area (Å²) in [6.45, 7) is 6.71. The predicted molar refractivity (Wildman–Crippen MR) is 172 cm³/mol. The predicted octanol–water partition coefficient (Wildman–Crippen LogP) is 10.1. The van der Waals surface area contributed by atoms with Crippen LogP contribution in [-0.4, -0.2) is 4.57 Å². The third-order valence-corrected chi connectivity index (χ3v) is 9.20. The molecule has 1 heteroatoms. The van der Waals surface area contributed by atoms with Crippen LogP contribution in [0.4, 0.5) is 0 Å². The fourth-order valence-corrected chi connectivity index (χ4v) is 7.46. The standard InChI is InChI=1S/C40H31N/c1-26-21-22-31-33-24-32-30-17-9-12-20-36(30)40(34-18-10-7-13-27(34)2,35-19-11-8-14-28(35)3)37(32)25-39(33)41(38(31)23-26)29-15-5-4-6-16-29/h4-25H,1-3H3. The van der Waals surface area contributed by atoms with Crippen molar-refractivity contribution in [3.05, 3.63) is 172 Å². The molecule has 1 nitrogen and oxygen atoms in total. The van der Waals surface area contributed by atoms with Gasteiger partial charge in [0.25, 0.3) is 0 Å². The van der Waals surface area contributed by atoms with Crippen LogP contribution >= 0.6 is 0 Å². The lowest BCUT2D eigenvalue weighted by atomic mass is 9.65. The average molecular weight is 526 g/mol. The molecule has 0 atom stereocenters. The number of hydrogen-bond donors (Lipinski definition) is 0. The molecule has 1 heterocycles. The zero-order valence-electron chi connectivity index (χ0n) is 23.6. The van der Waals surface area contributed by atoms with Gasteiger partial charge in [0.15, 0.2) is 0 Å². The molecule has 1 aliphatic rings. The van der Waals surface area contributed by atoms with Gasteiger partial charge >= 0.3 is 0 Å². The molecule has 196 valence electrons. The lowest BCUT2D eigenvalue weighted by Crippen LogP contribution is -2.30. The zero-order valence-corrected chi connectivity index (χ0v) is 23.6. The van der Waals surface area contributed by atoms with E-state index in [4.69, 9.17) is 0 Å². The molecule has 0 amide bonds. The van der Waals surface area contributed by atoms with E-state index < -0.39 is 5.41 Å². The van der Waals surface area contributed by atoms with Crippen molar-refractivity contribution < 1.29 is 0 Å². The van der Waals surface area contributed by atoms with Crippen molar-refractivity contribution in [2.45, 2.75) is 26.2 Å². The van der Waals surface area contributed by atoms with E-state index in [-0.39, 0.29) is 0 Å². The summed E-state index contributed by atoms with van der Waals surface area (Å²) >= 11 is 0. The van der Waals surface area contributed by atoms with Crippen LogP contribution in [0.3, 0.4) is 0 Å². The summed E-state index contributed by atoms with van der Waals surface area (Å²) in [5.74, 6) is 0. The minimum atomic E-state index is -0.426. The molecule has 6 aromatic carbocycles. The maximum Gasteiger partial charge on any atom is 0.0719 e. The number of benzene rings is 6. The first-order valence-electron chi connectivity index (χ1n) is 14.5. The van der Waals surface area contributed by atoms with Crippen molar-refractivity contribution in [3.63, 3.8) is 0 Å². The van der Waals surface area contributed by atoms with Crippen LogP contribution in [0, 0.1) is 20.8 Å². The average Bonchev–Trinajstić information content (AvgIpc) is 3.46. The van der Waals surface area contributed by atoms with Crippen molar-refractivity contribution in [2.24, 2.45) is 0 Å². The highest BCUT2D eigenvalue weighted by molar-refractivity contribution is 6.12. The number of nitrogens with zero attached hydrogens (tertiary/aromatic N) is 1. The van der Waals surface area contributed by atoms with Gasteiger partial charge in [0.2, 0.25) is 0 Å². The molecule has 0 saturated carbocycles. The maximum absolute atomic E-state index is 2.51. The van der Waals surface area contributed by atoms with E-state index in [0.29, 0.717) is 0 Å². The molecule has 0 radical (unpaired) electrons. The highest BCUT2D eigenvalue weighted by Crippen LogP contribution is 2.58. The van der Waals surface area contributed by atoms with Crippen molar-refractivity contribution in [3.8, 4) is 16.8 Å². The fourth-order valence-electron chi connectivity index (χ4n) is 7.46. The lowest BCUT2D eigenvalue weighted by molar-refractivity contribution is 0.754. The number of aromatic nitrogens is 1. The highest BCUT2D eigenvalue weighted by atomic mass is 15.0. The number of para-hydroxylation sites is 1. The van der Waals surface area contributed by atoms with Gasteiger partial charge in [-0.3, -0.25) is 0 Å². The summed E-state index contributed by atoms with van der Waals surface area (Å²) in [6.07, 6.45) is 0. The van der Waals surface area contributed by atoms with E-state index in [1.165, 1.54) is 77.6 Å². The van der Waals surface area contributed by atoms with Gasteiger partial charge in [-0.1, -0.05) is 103 Å². The maximum atomic E-state index is 2.51. The second kappa shape index (κ2) is 8.81. The van der Waals surface area contributed by atoms with Crippen LogP contribution in [0.15, 0.2) is 133 Å². The number of rotatable bonds is 3. The Morgan fingerprint density at radius 2 is 1.02 bits per heavy atom. The Bertz CT molecular complexity index is 2080. The number of fused-ring (bicyclic) bond motifs is 6. The SMILES string of the molecule is Cc1ccc2c3cc4c(cc3n(-c3ccccc3)c2c1)C(c1ccccc1C)(c1ccccc1C)c1ccccc1-4. The van der Waals surface area contributed by atoms with E-state index in [2.05, 4.69) is 159 Å². The summed E-state index contributed by atoms with van der Waals surface area (Å²) in [6, 6.07) is 49.6. The summed E-state index contributed by atoms with van der Waals surface area (Å²) in [4.78, 5) is 0. The van der Waals surface area contributed by atoms with E-state index in [9.17, 15) is 0 Å². The summed E-state index contributed by atoms with van der Waals surface area (Å²) in [5, 5.41) is 2.58. The molecule has 0 aliphatic heterocycles. The van der Waals surface area contributed by atoms with Gasteiger partial charge < -0.3 is 4.57 Å². The fraction of sp³-hybridized carbons (Fsp3) is 0.100. The second-order valence-corrected chi connectivity index (χ2v) is 11.5. The molecule has 8 rings (SSSR count). The quantitative estimate of drug-likeness (QED) is 0.216. The second-order valence-electron chi connectivity index (χ2n) is 11.5. The van der Waals surface area contributed by atoms with E-state index in [0.717, 1.165) is 0 Å². The first-order chi connectivity index (χ1) is 20.1. The molecule has 0 fully saturated rings. The molecule has 0 spiro atoms. The Balaban J connectivity index is 1.61.